The van der Waals surface area contributed by atoms with E-state index in [1.165, 1.54) is 4.90 Å². The zero-order valence-corrected chi connectivity index (χ0v) is 16.3. The fourth-order valence-corrected chi connectivity index (χ4v) is 2.92. The average Bonchev–Trinajstić information content (AvgIpc) is 3.08. The van der Waals surface area contributed by atoms with Crippen LogP contribution in [0.25, 0.3) is 10.8 Å². The summed E-state index contributed by atoms with van der Waals surface area (Å²) in [5.74, 6) is 1.65. The quantitative estimate of drug-likeness (QED) is 0.648. The van der Waals surface area contributed by atoms with Crippen molar-refractivity contribution in [3.05, 3.63) is 54.3 Å². The summed E-state index contributed by atoms with van der Waals surface area (Å²) >= 11 is 0. The van der Waals surface area contributed by atoms with Crippen LogP contribution in [0.15, 0.2) is 53.1 Å². The molecule has 0 fully saturated rings. The number of hydrogen-bond donors (Lipinski definition) is 2. The van der Waals surface area contributed by atoms with Gasteiger partial charge in [-0.05, 0) is 32.2 Å². The maximum Gasteiger partial charge on any atom is 0.323 e. The molecule has 0 spiro atoms. The molecule has 148 valence electrons. The van der Waals surface area contributed by atoms with Crippen LogP contribution in [-0.2, 0) is 0 Å². The number of carbonyl (C=O) groups excluding carboxylic acids is 1. The first-order valence-corrected chi connectivity index (χ1v) is 9.23. The summed E-state index contributed by atoms with van der Waals surface area (Å²) in [6.45, 7) is 5.72. The Hall–Kier alpha value is -3.06. The van der Waals surface area contributed by atoms with Crippen molar-refractivity contribution < 1.29 is 19.2 Å². The molecule has 0 bridgehead atoms. The summed E-state index contributed by atoms with van der Waals surface area (Å²) in [6.07, 6.45) is -0.842. The van der Waals surface area contributed by atoms with E-state index in [1.54, 1.807) is 13.0 Å². The topological polar surface area (TPSA) is 87.8 Å². The molecular weight excluding hydrogens is 358 g/mol. The van der Waals surface area contributed by atoms with Crippen LogP contribution in [0.5, 0.6) is 5.75 Å². The van der Waals surface area contributed by atoms with Crippen molar-refractivity contribution in [2.45, 2.75) is 32.9 Å². The number of carbonyl (C=O) groups is 1. The molecule has 3 rings (SSSR count). The molecule has 28 heavy (non-hydrogen) atoms. The molecule has 1 aromatic heterocycles. The molecule has 1 atom stereocenters. The van der Waals surface area contributed by atoms with Crippen molar-refractivity contribution >= 4 is 22.6 Å². The van der Waals surface area contributed by atoms with Crippen LogP contribution >= 0.6 is 0 Å². The van der Waals surface area contributed by atoms with Gasteiger partial charge in [0.25, 0.3) is 0 Å². The SMILES string of the molecule is Cc1cc(NC(=O)N(C[C@H](O)COc2cccc3ccccc23)C(C)C)no1. The first-order valence-electron chi connectivity index (χ1n) is 9.23. The highest BCUT2D eigenvalue weighted by Crippen LogP contribution is 2.25. The second-order valence-electron chi connectivity index (χ2n) is 6.94. The highest BCUT2D eigenvalue weighted by atomic mass is 16.5. The van der Waals surface area contributed by atoms with Gasteiger partial charge in [0.05, 0.1) is 6.54 Å². The van der Waals surface area contributed by atoms with Gasteiger partial charge in [0.15, 0.2) is 5.82 Å². The number of fused-ring (bicyclic) bond motifs is 1. The number of nitrogens with zero attached hydrogens (tertiary/aromatic N) is 2. The van der Waals surface area contributed by atoms with E-state index in [0.717, 1.165) is 10.8 Å². The largest absolute Gasteiger partial charge is 0.490 e. The van der Waals surface area contributed by atoms with E-state index in [2.05, 4.69) is 10.5 Å². The number of anilines is 1. The molecule has 0 radical (unpaired) electrons. The lowest BCUT2D eigenvalue weighted by Gasteiger charge is -2.28. The third kappa shape index (κ3) is 4.80. The number of aliphatic hydroxyl groups excluding tert-OH is 1. The minimum absolute atomic E-state index is 0.0770. The van der Waals surface area contributed by atoms with E-state index in [-0.39, 0.29) is 25.2 Å². The molecule has 2 aromatic carbocycles. The van der Waals surface area contributed by atoms with E-state index in [0.29, 0.717) is 17.3 Å². The number of hydrogen-bond acceptors (Lipinski definition) is 5. The van der Waals surface area contributed by atoms with Gasteiger partial charge in [0, 0.05) is 17.5 Å². The first-order chi connectivity index (χ1) is 13.4. The lowest BCUT2D eigenvalue weighted by Crippen LogP contribution is -2.45. The average molecular weight is 383 g/mol. The Balaban J connectivity index is 1.60. The molecule has 0 aliphatic rings. The molecule has 2 amide bonds. The van der Waals surface area contributed by atoms with Gasteiger partial charge in [0.1, 0.15) is 24.2 Å². The van der Waals surface area contributed by atoms with E-state index in [4.69, 9.17) is 9.26 Å². The van der Waals surface area contributed by atoms with Crippen molar-refractivity contribution in [3.8, 4) is 5.75 Å². The summed E-state index contributed by atoms with van der Waals surface area (Å²) in [5, 5.41) is 18.9. The number of aromatic nitrogens is 1. The Morgan fingerprint density at radius 3 is 2.71 bits per heavy atom. The number of nitrogens with one attached hydrogen (secondary N) is 1. The number of rotatable bonds is 7. The summed E-state index contributed by atoms with van der Waals surface area (Å²) in [5.41, 5.74) is 0. The van der Waals surface area contributed by atoms with Gasteiger partial charge in [0.2, 0.25) is 0 Å². The number of aliphatic hydroxyl groups is 1. The van der Waals surface area contributed by atoms with Crippen LogP contribution in [0.4, 0.5) is 10.6 Å². The second kappa shape index (κ2) is 8.75. The molecule has 0 aliphatic carbocycles. The first kappa shape index (κ1) is 19.7. The summed E-state index contributed by atoms with van der Waals surface area (Å²) in [6, 6.07) is 14.9. The third-order valence-electron chi connectivity index (χ3n) is 4.34. The standard InChI is InChI=1S/C21H25N3O4/c1-14(2)24(21(26)22-20-11-15(3)28-23-20)12-17(25)13-27-19-10-6-8-16-7-4-5-9-18(16)19/h4-11,14,17,25H,12-13H2,1-3H3,(H,22,23,26)/t17-/m0/s1. The van der Waals surface area contributed by atoms with Gasteiger partial charge >= 0.3 is 6.03 Å². The Labute approximate surface area is 163 Å². The van der Waals surface area contributed by atoms with Crippen LogP contribution in [0.3, 0.4) is 0 Å². The smallest absolute Gasteiger partial charge is 0.323 e. The van der Waals surface area contributed by atoms with E-state index < -0.39 is 6.10 Å². The molecule has 0 saturated heterocycles. The summed E-state index contributed by atoms with van der Waals surface area (Å²) in [4.78, 5) is 14.1. The predicted molar refractivity (Wildman–Crippen MR) is 108 cm³/mol. The molecule has 0 aliphatic heterocycles. The van der Waals surface area contributed by atoms with E-state index >= 15 is 0 Å². The zero-order valence-electron chi connectivity index (χ0n) is 16.3. The maximum absolute atomic E-state index is 12.5. The number of urea groups is 1. The van der Waals surface area contributed by atoms with Gasteiger partial charge < -0.3 is 19.3 Å². The monoisotopic (exact) mass is 383 g/mol. The molecule has 3 aromatic rings. The lowest BCUT2D eigenvalue weighted by molar-refractivity contribution is 0.0722. The Morgan fingerprint density at radius 2 is 2.00 bits per heavy atom. The molecule has 7 nitrogen and oxygen atoms in total. The predicted octanol–water partition coefficient (Wildman–Crippen LogP) is 3.82. The van der Waals surface area contributed by atoms with Crippen LogP contribution in [0.2, 0.25) is 0 Å². The van der Waals surface area contributed by atoms with Crippen LogP contribution in [0, 0.1) is 6.92 Å². The molecule has 7 heteroatoms. The third-order valence-corrected chi connectivity index (χ3v) is 4.34. The highest BCUT2D eigenvalue weighted by molar-refractivity contribution is 5.89. The van der Waals surface area contributed by atoms with Crippen molar-refractivity contribution in [2.75, 3.05) is 18.5 Å². The summed E-state index contributed by atoms with van der Waals surface area (Å²) < 4.78 is 10.8. The molecular formula is C21H25N3O4. The fourth-order valence-electron chi connectivity index (χ4n) is 2.92. The number of aryl methyl sites for hydroxylation is 1. The molecule has 0 unspecified atom stereocenters. The van der Waals surface area contributed by atoms with Gasteiger partial charge in [-0.25, -0.2) is 4.79 Å². The highest BCUT2D eigenvalue weighted by Gasteiger charge is 2.22. The molecule has 2 N–H and O–H groups in total. The molecule has 0 saturated carbocycles. The van der Waals surface area contributed by atoms with E-state index in [1.807, 2.05) is 56.3 Å². The van der Waals surface area contributed by atoms with Crippen LogP contribution < -0.4 is 10.1 Å². The Bertz CT molecular complexity index is 933. The number of benzene rings is 2. The molecule has 1 heterocycles. The minimum Gasteiger partial charge on any atom is -0.490 e. The van der Waals surface area contributed by atoms with Crippen molar-refractivity contribution in [1.82, 2.24) is 10.1 Å². The normalized spacial score (nSPS) is 12.2. The van der Waals surface area contributed by atoms with Gasteiger partial charge in [-0.1, -0.05) is 41.6 Å². The van der Waals surface area contributed by atoms with Gasteiger partial charge in [-0.15, -0.1) is 0 Å². The Kier molecular flexibility index (Phi) is 6.16. The van der Waals surface area contributed by atoms with Crippen LogP contribution in [0.1, 0.15) is 19.6 Å². The Morgan fingerprint density at radius 1 is 1.25 bits per heavy atom. The second-order valence-corrected chi connectivity index (χ2v) is 6.94. The van der Waals surface area contributed by atoms with Gasteiger partial charge in [-0.3, -0.25) is 5.32 Å². The van der Waals surface area contributed by atoms with Crippen molar-refractivity contribution in [1.29, 1.82) is 0 Å². The minimum atomic E-state index is -0.842. The zero-order chi connectivity index (χ0) is 20.1. The summed E-state index contributed by atoms with van der Waals surface area (Å²) in [7, 11) is 0. The van der Waals surface area contributed by atoms with Crippen molar-refractivity contribution in [2.24, 2.45) is 0 Å². The van der Waals surface area contributed by atoms with E-state index in [9.17, 15) is 9.90 Å². The number of ether oxygens (including phenoxy) is 1. The fraction of sp³-hybridized carbons (Fsp3) is 0.333. The maximum atomic E-state index is 12.5. The lowest BCUT2D eigenvalue weighted by atomic mass is 10.1. The van der Waals surface area contributed by atoms with Crippen molar-refractivity contribution in [3.63, 3.8) is 0 Å². The van der Waals surface area contributed by atoms with Gasteiger partial charge in [-0.2, -0.15) is 0 Å². The number of amides is 2. The van der Waals surface area contributed by atoms with Crippen LogP contribution in [-0.4, -0.2) is 46.5 Å².